The first kappa shape index (κ1) is 20.4. The zero-order valence-corrected chi connectivity index (χ0v) is 18.2. The van der Waals surface area contributed by atoms with E-state index in [0.717, 1.165) is 9.87 Å². The van der Waals surface area contributed by atoms with Crippen LogP contribution in [0, 0.1) is 0 Å². The van der Waals surface area contributed by atoms with Crippen molar-refractivity contribution in [3.05, 3.63) is 77.3 Å². The molecule has 1 heterocycles. The van der Waals surface area contributed by atoms with Crippen LogP contribution >= 0.6 is 11.6 Å². The maximum atomic E-state index is 13.3. The van der Waals surface area contributed by atoms with Crippen molar-refractivity contribution in [1.82, 2.24) is 0 Å². The molecule has 154 valence electrons. The number of halogens is 1. The number of amides is 1. The predicted octanol–water partition coefficient (Wildman–Crippen LogP) is 5.28. The van der Waals surface area contributed by atoms with Gasteiger partial charge in [-0.2, -0.15) is 0 Å². The fourth-order valence-electron chi connectivity index (χ4n) is 3.56. The number of hydrogen-bond acceptors (Lipinski definition) is 3. The van der Waals surface area contributed by atoms with Crippen LogP contribution in [0.3, 0.4) is 0 Å². The molecule has 0 aliphatic carbocycles. The molecule has 4 rings (SSSR count). The molecule has 0 bridgehead atoms. The molecule has 0 atom stereocenters. The van der Waals surface area contributed by atoms with Crippen molar-refractivity contribution in [1.29, 1.82) is 0 Å². The van der Waals surface area contributed by atoms with Crippen LogP contribution in [0.15, 0.2) is 71.6 Å². The molecule has 0 saturated heterocycles. The van der Waals surface area contributed by atoms with Gasteiger partial charge in [-0.25, -0.2) is 8.42 Å². The second-order valence-corrected chi connectivity index (χ2v) is 9.76. The van der Waals surface area contributed by atoms with Crippen LogP contribution in [0.1, 0.15) is 25.3 Å². The van der Waals surface area contributed by atoms with Crippen LogP contribution in [-0.4, -0.2) is 20.9 Å². The van der Waals surface area contributed by atoms with Crippen molar-refractivity contribution in [2.75, 3.05) is 16.2 Å². The molecule has 0 saturated carbocycles. The highest BCUT2D eigenvalue weighted by Crippen LogP contribution is 2.43. The summed E-state index contributed by atoms with van der Waals surface area (Å²) in [6, 6.07) is 19.3. The van der Waals surface area contributed by atoms with Gasteiger partial charge in [0.05, 0.1) is 10.6 Å². The Bertz CT molecular complexity index is 1220. The number of nitrogens with zero attached hydrogens (tertiary/aromatic N) is 1. The van der Waals surface area contributed by atoms with Crippen LogP contribution in [0.2, 0.25) is 5.02 Å². The number of fused-ring (bicyclic) bond motifs is 3. The minimum absolute atomic E-state index is 0.161. The summed E-state index contributed by atoms with van der Waals surface area (Å²) in [7, 11) is -3.88. The first-order chi connectivity index (χ1) is 14.3. The van der Waals surface area contributed by atoms with Gasteiger partial charge in [0.1, 0.15) is 6.54 Å². The fraction of sp³-hybridized carbons (Fsp3) is 0.174. The summed E-state index contributed by atoms with van der Waals surface area (Å²) in [6.45, 7) is 3.85. The van der Waals surface area contributed by atoms with Crippen LogP contribution < -0.4 is 9.62 Å². The lowest BCUT2D eigenvalue weighted by molar-refractivity contribution is -0.114. The van der Waals surface area contributed by atoms with Crippen LogP contribution in [0.25, 0.3) is 11.1 Å². The van der Waals surface area contributed by atoms with Crippen LogP contribution in [-0.2, 0) is 14.8 Å². The number of benzene rings is 3. The third-order valence-electron chi connectivity index (χ3n) is 5.12. The number of carbonyl (C=O) groups is 1. The van der Waals surface area contributed by atoms with Gasteiger partial charge >= 0.3 is 0 Å². The topological polar surface area (TPSA) is 66.5 Å². The number of nitrogens with one attached hydrogen (secondary N) is 1. The summed E-state index contributed by atoms with van der Waals surface area (Å²) >= 11 is 6.16. The molecule has 0 spiro atoms. The molecular weight excluding hydrogens is 420 g/mol. The summed E-state index contributed by atoms with van der Waals surface area (Å²) in [6.07, 6.45) is 0. The van der Waals surface area contributed by atoms with Gasteiger partial charge in [-0.1, -0.05) is 55.8 Å². The number of carbonyl (C=O) groups excluding carboxylic acids is 1. The van der Waals surface area contributed by atoms with Gasteiger partial charge in [0.2, 0.25) is 5.91 Å². The summed E-state index contributed by atoms with van der Waals surface area (Å²) < 4.78 is 27.7. The van der Waals surface area contributed by atoms with Crippen molar-refractivity contribution in [3.8, 4) is 11.1 Å². The van der Waals surface area contributed by atoms with E-state index >= 15 is 0 Å². The maximum Gasteiger partial charge on any atom is 0.265 e. The van der Waals surface area contributed by atoms with E-state index in [1.165, 1.54) is 0 Å². The lowest BCUT2D eigenvalue weighted by Crippen LogP contribution is -2.40. The minimum atomic E-state index is -3.88. The molecule has 1 N–H and O–H groups in total. The Kier molecular flexibility index (Phi) is 5.30. The third kappa shape index (κ3) is 3.68. The number of sulfonamides is 1. The normalized spacial score (nSPS) is 14.2. The van der Waals surface area contributed by atoms with E-state index in [1.807, 2.05) is 24.3 Å². The molecule has 7 heteroatoms. The molecule has 3 aromatic carbocycles. The lowest BCUT2D eigenvalue weighted by atomic mass is 10.0. The monoisotopic (exact) mass is 440 g/mol. The molecule has 0 aromatic heterocycles. The summed E-state index contributed by atoms with van der Waals surface area (Å²) in [4.78, 5) is 12.9. The van der Waals surface area contributed by atoms with Gasteiger partial charge in [-0.3, -0.25) is 9.10 Å². The van der Waals surface area contributed by atoms with Gasteiger partial charge in [-0.05, 0) is 47.9 Å². The molecule has 1 aliphatic rings. The van der Waals surface area contributed by atoms with Crippen LogP contribution in [0.4, 0.5) is 11.4 Å². The van der Waals surface area contributed by atoms with Crippen molar-refractivity contribution in [3.63, 3.8) is 0 Å². The number of hydrogen-bond donors (Lipinski definition) is 1. The third-order valence-corrected chi connectivity index (χ3v) is 7.17. The zero-order chi connectivity index (χ0) is 21.5. The van der Waals surface area contributed by atoms with Gasteiger partial charge in [0.15, 0.2) is 0 Å². The van der Waals surface area contributed by atoms with E-state index in [-0.39, 0.29) is 11.4 Å². The Hall–Kier alpha value is -2.83. The first-order valence-corrected chi connectivity index (χ1v) is 11.4. The molecule has 30 heavy (non-hydrogen) atoms. The Labute approximate surface area is 181 Å². The van der Waals surface area contributed by atoms with E-state index in [4.69, 9.17) is 11.6 Å². The quantitative estimate of drug-likeness (QED) is 0.600. The smallest absolute Gasteiger partial charge is 0.265 e. The van der Waals surface area contributed by atoms with Crippen molar-refractivity contribution in [2.45, 2.75) is 24.7 Å². The number of rotatable bonds is 4. The number of anilines is 2. The SMILES string of the molecule is CC(C)c1ccc(NC(=O)CN2c3ccc(Cl)cc3-c3ccccc3S2(=O)=O)cc1. The minimum Gasteiger partial charge on any atom is -0.325 e. The molecule has 1 amide bonds. The summed E-state index contributed by atoms with van der Waals surface area (Å²) in [5.74, 6) is -0.0345. The molecular formula is C23H21ClN2O3S. The average Bonchev–Trinajstić information content (AvgIpc) is 2.72. The van der Waals surface area contributed by atoms with Crippen LogP contribution in [0.5, 0.6) is 0 Å². The highest BCUT2D eigenvalue weighted by molar-refractivity contribution is 7.93. The fourth-order valence-corrected chi connectivity index (χ4v) is 5.38. The first-order valence-electron chi connectivity index (χ1n) is 9.59. The largest absolute Gasteiger partial charge is 0.325 e. The Morgan fingerprint density at radius 3 is 2.40 bits per heavy atom. The highest BCUT2D eigenvalue weighted by atomic mass is 35.5. The summed E-state index contributed by atoms with van der Waals surface area (Å²) in [5.41, 5.74) is 3.48. The Morgan fingerprint density at radius 1 is 1.00 bits per heavy atom. The Balaban J connectivity index is 1.66. The molecule has 5 nitrogen and oxygen atoms in total. The molecule has 0 radical (unpaired) electrons. The van der Waals surface area contributed by atoms with E-state index < -0.39 is 15.9 Å². The molecule has 3 aromatic rings. The maximum absolute atomic E-state index is 13.3. The van der Waals surface area contributed by atoms with Crippen molar-refractivity contribution in [2.24, 2.45) is 0 Å². The van der Waals surface area contributed by atoms with Crippen molar-refractivity contribution < 1.29 is 13.2 Å². The zero-order valence-electron chi connectivity index (χ0n) is 16.6. The van der Waals surface area contributed by atoms with E-state index in [1.54, 1.807) is 42.5 Å². The molecule has 0 unspecified atom stereocenters. The summed E-state index contributed by atoms with van der Waals surface area (Å²) in [5, 5.41) is 3.29. The lowest BCUT2D eigenvalue weighted by Gasteiger charge is -2.31. The standard InChI is InChI=1S/C23H21ClN2O3S/c1-15(2)16-7-10-18(11-8-16)25-23(27)14-26-21-12-9-17(24)13-20(21)19-5-3-4-6-22(19)30(26,28)29/h3-13,15H,14H2,1-2H3,(H,25,27). The molecule has 1 aliphatic heterocycles. The molecule has 0 fully saturated rings. The Morgan fingerprint density at radius 2 is 1.70 bits per heavy atom. The van der Waals surface area contributed by atoms with E-state index in [0.29, 0.717) is 33.4 Å². The second-order valence-electron chi connectivity index (χ2n) is 7.49. The van der Waals surface area contributed by atoms with Gasteiger partial charge in [0.25, 0.3) is 10.0 Å². The second kappa shape index (κ2) is 7.78. The van der Waals surface area contributed by atoms with E-state index in [2.05, 4.69) is 19.2 Å². The highest BCUT2D eigenvalue weighted by Gasteiger charge is 2.35. The van der Waals surface area contributed by atoms with E-state index in [9.17, 15) is 13.2 Å². The van der Waals surface area contributed by atoms with Crippen molar-refractivity contribution >= 4 is 38.9 Å². The predicted molar refractivity (Wildman–Crippen MR) is 121 cm³/mol. The van der Waals surface area contributed by atoms with Gasteiger partial charge in [-0.15, -0.1) is 0 Å². The average molecular weight is 441 g/mol. The van der Waals surface area contributed by atoms with Gasteiger partial charge in [0, 0.05) is 21.8 Å². The van der Waals surface area contributed by atoms with Gasteiger partial charge < -0.3 is 5.32 Å².